The van der Waals surface area contributed by atoms with E-state index in [1.807, 2.05) is 13.8 Å². The Morgan fingerprint density at radius 1 is 0.349 bits per heavy atom. The number of carbonyl (C=O) groups is 8. The first-order valence-electron chi connectivity index (χ1n) is 59.1. The van der Waals surface area contributed by atoms with Crippen LogP contribution < -0.4 is 43.0 Å². The van der Waals surface area contributed by atoms with Crippen LogP contribution in [-0.2, 0) is 38.4 Å². The Bertz CT molecular complexity index is 3950. The highest BCUT2D eigenvalue weighted by molar-refractivity contribution is 5.81. The molecular formula is C125H242N16O8. The standard InChI is InChI=1S/C13H24N2.C13H25NO.C12H24N2O.C12H23NO.C12H23N.C11H22N2O.C11H22N2.C11H21NO.C10H20N2O.2C10H19NO/c1-11-5-6-13(14-11)7-9-15(10-8-13)12(2,3)4;1-11(15)7-8-12-6-5-9-14(10-12)13(2,3)4;1-10(15)13-11-6-5-8-14(9-7-11)12(2,3)4;1-10(14)5-6-11-7-8-13(9-11)12(2,3)4;1-9(2)13-8-10-6-11(7-10)12(3,4)5;1-9(14)12-10-6-5-7-13(8-10)11(2,3)4;1-9(12)10-6-5-7-13(8-10)11(2,3)4;1-5-10(13)9-6-7-12(8-9)11(2,3)4;1-8(13)11-9-5-6-12(7-9)10(2,3)4;1-10(2,3)8-5-7(6-8)9(12)11-4;1-7(12)11-9-5-8(6-9)10(2,3)4/h14H,1,5-10H2,2-4H3;12H,5-10H2,1-4H3;11H,5-9H2,1-4H3,(H,13,15);11H,5-9H2,1-4H3;10-11,13H,1,6-8H2,2-5H3;10H,5-8H2,1-4H3,(H,12,14);10H,1,5-8,12H2,2-4H3;9H,5-8H2,1-4H3;9H,5-7H2,1-4H3,(H,11,13);7-8H,5-6H2,1-4H3,(H,11,12);8-9H,5-6H2,1-4H3,(H,11,12). The number of amides is 5. The van der Waals surface area contributed by atoms with Crippen LogP contribution in [0.25, 0.3) is 0 Å². The molecule has 12 aliphatic rings. The second kappa shape index (κ2) is 62.7. The van der Waals surface area contributed by atoms with E-state index in [0.717, 1.165) is 196 Å². The van der Waals surface area contributed by atoms with Gasteiger partial charge in [-0.15, -0.1) is 0 Å². The number of piperidine rings is 4. The van der Waals surface area contributed by atoms with Crippen molar-refractivity contribution in [1.29, 1.82) is 0 Å². The van der Waals surface area contributed by atoms with Crippen LogP contribution in [0.5, 0.6) is 0 Å². The Labute approximate surface area is 917 Å². The summed E-state index contributed by atoms with van der Waals surface area (Å²) >= 11 is 0. The van der Waals surface area contributed by atoms with Gasteiger partial charge in [-0.3, -0.25) is 68.0 Å². The number of allylic oxidation sites excluding steroid dienone is 2. The fraction of sp³-hybridized carbons (Fsp3) is 0.888. The number of hydrogen-bond acceptors (Lipinski definition) is 19. The summed E-state index contributed by atoms with van der Waals surface area (Å²) in [5.74, 6) is 7.64. The highest BCUT2D eigenvalue weighted by atomic mass is 16.2. The van der Waals surface area contributed by atoms with E-state index in [1.54, 1.807) is 48.6 Å². The predicted octanol–water partition coefficient (Wildman–Crippen LogP) is 23.0. The Morgan fingerprint density at radius 2 is 0.671 bits per heavy atom. The van der Waals surface area contributed by atoms with Gasteiger partial charge in [0.05, 0.1) is 0 Å². The summed E-state index contributed by atoms with van der Waals surface area (Å²) in [4.78, 5) is 108. The summed E-state index contributed by atoms with van der Waals surface area (Å²) in [6.07, 6.45) is 30.8. The van der Waals surface area contributed by atoms with E-state index in [2.05, 4.69) is 325 Å². The first-order valence-corrected chi connectivity index (χ1v) is 59.1. The summed E-state index contributed by atoms with van der Waals surface area (Å²) in [7, 11) is 1.72. The van der Waals surface area contributed by atoms with Crippen molar-refractivity contribution in [1.82, 2.24) is 76.4 Å². The molecule has 9 aliphatic heterocycles. The number of nitrogens with zero attached hydrogens (tertiary/aromatic N) is 8. The van der Waals surface area contributed by atoms with Crippen LogP contribution in [0, 0.1) is 69.5 Å². The van der Waals surface area contributed by atoms with Crippen molar-refractivity contribution >= 4 is 46.9 Å². The molecule has 7 atom stereocenters. The van der Waals surface area contributed by atoms with Gasteiger partial charge in [0.2, 0.25) is 29.5 Å². The van der Waals surface area contributed by atoms with E-state index in [4.69, 9.17) is 5.73 Å². The first-order chi connectivity index (χ1) is 68.0. The fourth-order valence-corrected chi connectivity index (χ4v) is 22.5. The van der Waals surface area contributed by atoms with Crippen LogP contribution in [0.15, 0.2) is 36.8 Å². The number of nitrogens with one attached hydrogen (secondary N) is 7. The lowest BCUT2D eigenvalue weighted by Gasteiger charge is -2.45. The van der Waals surface area contributed by atoms with Crippen molar-refractivity contribution in [2.45, 2.75) is 531 Å². The monoisotopic (exact) mass is 2100 g/mol. The maximum absolute atomic E-state index is 11.5. The molecule has 149 heavy (non-hydrogen) atoms. The largest absolute Gasteiger partial charge is 0.402 e. The first kappa shape index (κ1) is 140. The number of hydrogen-bond donors (Lipinski definition) is 8. The molecule has 0 aromatic rings. The van der Waals surface area contributed by atoms with Gasteiger partial charge in [0, 0.05) is 235 Å². The summed E-state index contributed by atoms with van der Waals surface area (Å²) < 4.78 is 0. The average molecular weight is 2100 g/mol. The molecule has 0 aromatic carbocycles. The Morgan fingerprint density at radius 3 is 1.05 bits per heavy atom. The molecule has 24 nitrogen and oxygen atoms in total. The van der Waals surface area contributed by atoms with Gasteiger partial charge >= 0.3 is 0 Å². The van der Waals surface area contributed by atoms with Gasteiger partial charge in [-0.05, 0) is 432 Å². The second-order valence-electron chi connectivity index (χ2n) is 58.3. The maximum Gasteiger partial charge on any atom is 0.222 e. The van der Waals surface area contributed by atoms with Gasteiger partial charge in [0.15, 0.2) is 0 Å². The third-order valence-electron chi connectivity index (χ3n) is 33.7. The Kier molecular flexibility index (Phi) is 58.8. The molecule has 7 unspecified atom stereocenters. The quantitative estimate of drug-likeness (QED) is 0.0672. The van der Waals surface area contributed by atoms with E-state index >= 15 is 0 Å². The zero-order valence-electron chi connectivity index (χ0n) is 105. The molecule has 12 fully saturated rings. The molecule has 12 rings (SSSR count). The molecule has 5 amide bonds. The van der Waals surface area contributed by atoms with Crippen molar-refractivity contribution in [2.24, 2.45) is 75.2 Å². The molecule has 24 heteroatoms. The van der Waals surface area contributed by atoms with Crippen molar-refractivity contribution in [2.75, 3.05) is 118 Å². The number of Topliss-reactive ketones (excluding diaryl/α,β-unsaturated/α-hetero) is 3. The van der Waals surface area contributed by atoms with Gasteiger partial charge in [-0.2, -0.15) is 0 Å². The maximum atomic E-state index is 11.5. The molecule has 9 heterocycles. The molecule has 9 saturated heterocycles. The summed E-state index contributed by atoms with van der Waals surface area (Å²) in [5.41, 5.74) is 12.8. The van der Waals surface area contributed by atoms with Gasteiger partial charge in [-0.1, -0.05) is 89.0 Å². The molecule has 3 saturated carbocycles. The lowest BCUT2D eigenvalue weighted by atomic mass is 9.63. The molecule has 1 spiro atoms. The topological polar surface area (TPSA) is 273 Å². The lowest BCUT2D eigenvalue weighted by molar-refractivity contribution is -0.130. The third-order valence-corrected chi connectivity index (χ3v) is 33.7. The molecule has 9 N–H and O–H groups in total. The minimum atomic E-state index is 0.0840. The molecule has 0 radical (unpaired) electrons. The van der Waals surface area contributed by atoms with Gasteiger partial charge < -0.3 is 52.5 Å². The van der Waals surface area contributed by atoms with Crippen LogP contribution in [0.4, 0.5) is 0 Å². The van der Waals surface area contributed by atoms with Crippen LogP contribution in [0.3, 0.4) is 0 Å². The van der Waals surface area contributed by atoms with Gasteiger partial charge in [-0.25, -0.2) is 0 Å². The van der Waals surface area contributed by atoms with Gasteiger partial charge in [0.1, 0.15) is 17.3 Å². The zero-order valence-corrected chi connectivity index (χ0v) is 105. The van der Waals surface area contributed by atoms with Crippen molar-refractivity contribution in [3.63, 3.8) is 0 Å². The molecule has 0 bridgehead atoms. The molecule has 3 aliphatic carbocycles. The molecular weight excluding hydrogens is 1850 g/mol. The smallest absolute Gasteiger partial charge is 0.222 e. The van der Waals surface area contributed by atoms with Crippen LogP contribution >= 0.6 is 0 Å². The lowest BCUT2D eigenvalue weighted by Crippen LogP contribution is -2.54. The van der Waals surface area contributed by atoms with Crippen LogP contribution in [0.2, 0.25) is 0 Å². The van der Waals surface area contributed by atoms with E-state index in [0.29, 0.717) is 98.6 Å². The molecule has 0 aromatic heterocycles. The van der Waals surface area contributed by atoms with Gasteiger partial charge in [0.25, 0.3) is 0 Å². The normalized spacial score (nSPS) is 26.0. The molecule has 870 valence electrons. The van der Waals surface area contributed by atoms with Crippen LogP contribution in [0.1, 0.15) is 457 Å². The highest BCUT2D eigenvalue weighted by Crippen LogP contribution is 2.47. The predicted molar refractivity (Wildman–Crippen MR) is 633 cm³/mol. The minimum Gasteiger partial charge on any atom is -0.402 e. The third kappa shape index (κ3) is 56.9. The zero-order chi connectivity index (χ0) is 115. The number of carbonyl (C=O) groups excluding carboxylic acids is 8. The number of likely N-dealkylation sites (tertiary alicyclic amines) is 8. The van der Waals surface area contributed by atoms with Crippen LogP contribution in [-0.4, -0.2) is 278 Å². The highest BCUT2D eigenvalue weighted by Gasteiger charge is 2.45. The Hall–Kier alpha value is -5.34. The van der Waals surface area contributed by atoms with E-state index in [-0.39, 0.29) is 62.8 Å². The summed E-state index contributed by atoms with van der Waals surface area (Å²) in [6.45, 7) is 119. The van der Waals surface area contributed by atoms with E-state index in [9.17, 15) is 38.4 Å². The summed E-state index contributed by atoms with van der Waals surface area (Å²) in [6, 6.07) is 1.54. The van der Waals surface area contributed by atoms with Crippen molar-refractivity contribution in [3.05, 3.63) is 36.8 Å². The minimum absolute atomic E-state index is 0.0840. The summed E-state index contributed by atoms with van der Waals surface area (Å²) in [5, 5.41) is 21.6. The number of ketones is 3. The van der Waals surface area contributed by atoms with E-state index < -0.39 is 0 Å². The SMILES string of the molecule is C=C(C)NCC1CC(C(C)(C)C)C1.C=C(N)C1CCCN(C(C)(C)C)C1.C=C1CCC2(CCN(C(C)(C)C)CC2)N1.CC(=O)CCC1CCCN(C(C)(C)C)C1.CC(=O)CCC1CCN(C(C)(C)C)C1.CC(=O)NC1CC(C(C)(C)C)C1.CC(=O)NC1CCCN(C(C)(C)C)C1.CC(=O)NC1CCCN(C(C)(C)C)CC1.CC(=O)NC1CCN(C(C)(C)C)C1.CCC(=O)C1CCN(C(C)(C)C)C1.CNC(=O)C1CC(C(C)(C)C)C1. The number of nitrogens with two attached hydrogens (primary N) is 1. The average Bonchev–Trinajstić information content (AvgIpc) is 1.63. The Balaban J connectivity index is 0.000000554. The van der Waals surface area contributed by atoms with Crippen molar-refractivity contribution < 1.29 is 38.4 Å². The van der Waals surface area contributed by atoms with Crippen molar-refractivity contribution in [3.8, 4) is 0 Å². The van der Waals surface area contributed by atoms with E-state index in [1.165, 1.54) is 135 Å². The number of rotatable bonds is 17. The fourth-order valence-electron chi connectivity index (χ4n) is 22.5. The second-order valence-corrected chi connectivity index (χ2v) is 58.3.